The van der Waals surface area contributed by atoms with Gasteiger partial charge in [-0.05, 0) is 37.6 Å². The van der Waals surface area contributed by atoms with Crippen LogP contribution in [0.4, 0.5) is 0 Å². The number of ether oxygens (including phenoxy) is 3. The second kappa shape index (κ2) is 12.6. The lowest BCUT2D eigenvalue weighted by atomic mass is 10.1. The van der Waals surface area contributed by atoms with E-state index in [1.165, 1.54) is 0 Å². The lowest BCUT2D eigenvalue weighted by Crippen LogP contribution is -2.39. The van der Waals surface area contributed by atoms with Gasteiger partial charge in [-0.2, -0.15) is 0 Å². The molecule has 0 aromatic heterocycles. The SMILES string of the molecule is CCNC(=NCc1ccc(C)cc1OCCOC)NCCOc1ccccc1. The zero-order valence-electron chi connectivity index (χ0n) is 17.0. The van der Waals surface area contributed by atoms with Crippen LogP contribution in [0.5, 0.6) is 11.5 Å². The monoisotopic (exact) mass is 385 g/mol. The Morgan fingerprint density at radius 1 is 0.964 bits per heavy atom. The fraction of sp³-hybridized carbons (Fsp3) is 0.409. The van der Waals surface area contributed by atoms with Gasteiger partial charge in [-0.1, -0.05) is 30.3 Å². The van der Waals surface area contributed by atoms with Crippen LogP contribution in [0.25, 0.3) is 0 Å². The highest BCUT2D eigenvalue weighted by Crippen LogP contribution is 2.21. The third kappa shape index (κ3) is 7.88. The Hall–Kier alpha value is -2.73. The van der Waals surface area contributed by atoms with Gasteiger partial charge in [0.05, 0.1) is 19.7 Å². The van der Waals surface area contributed by atoms with E-state index in [0.29, 0.717) is 32.9 Å². The van der Waals surface area contributed by atoms with Crippen molar-refractivity contribution in [2.24, 2.45) is 4.99 Å². The molecule has 2 N–H and O–H groups in total. The Morgan fingerprint density at radius 3 is 2.54 bits per heavy atom. The maximum atomic E-state index is 5.84. The lowest BCUT2D eigenvalue weighted by molar-refractivity contribution is 0.145. The van der Waals surface area contributed by atoms with Crippen molar-refractivity contribution in [3.05, 3.63) is 59.7 Å². The van der Waals surface area contributed by atoms with E-state index in [1.54, 1.807) is 7.11 Å². The van der Waals surface area contributed by atoms with Gasteiger partial charge in [-0.3, -0.25) is 0 Å². The number of para-hydroxylation sites is 1. The van der Waals surface area contributed by atoms with Crippen LogP contribution in [0.15, 0.2) is 53.5 Å². The van der Waals surface area contributed by atoms with E-state index in [0.717, 1.165) is 35.1 Å². The number of hydrogen-bond donors (Lipinski definition) is 2. The molecule has 152 valence electrons. The Balaban J connectivity index is 1.90. The molecular formula is C22H31N3O3. The van der Waals surface area contributed by atoms with Gasteiger partial charge in [0.25, 0.3) is 0 Å². The van der Waals surface area contributed by atoms with Crippen LogP contribution in [0.3, 0.4) is 0 Å². The number of methoxy groups -OCH3 is 1. The standard InChI is InChI=1S/C22H31N3O3/c1-4-23-22(24-12-13-27-20-8-6-5-7-9-20)25-17-19-11-10-18(2)16-21(19)28-15-14-26-3/h5-11,16H,4,12-15,17H2,1-3H3,(H2,23,24,25). The largest absolute Gasteiger partial charge is 0.492 e. The molecule has 0 unspecified atom stereocenters. The number of hydrogen-bond acceptors (Lipinski definition) is 4. The number of benzene rings is 2. The van der Waals surface area contributed by atoms with E-state index in [4.69, 9.17) is 14.2 Å². The van der Waals surface area contributed by atoms with Crippen molar-refractivity contribution in [1.82, 2.24) is 10.6 Å². The highest BCUT2D eigenvalue weighted by molar-refractivity contribution is 5.79. The van der Waals surface area contributed by atoms with Crippen molar-refractivity contribution in [2.45, 2.75) is 20.4 Å². The summed E-state index contributed by atoms with van der Waals surface area (Å²) in [6, 6.07) is 16.0. The topological polar surface area (TPSA) is 64.1 Å². The zero-order chi connectivity index (χ0) is 20.0. The molecule has 0 saturated carbocycles. The van der Waals surface area contributed by atoms with Gasteiger partial charge < -0.3 is 24.8 Å². The Labute approximate surface area is 167 Å². The van der Waals surface area contributed by atoms with Crippen molar-refractivity contribution in [2.75, 3.05) is 40.0 Å². The third-order valence-electron chi connectivity index (χ3n) is 3.93. The molecular weight excluding hydrogens is 354 g/mol. The molecule has 0 saturated heterocycles. The quantitative estimate of drug-likeness (QED) is 0.353. The first kappa shape index (κ1) is 21.6. The van der Waals surface area contributed by atoms with Crippen molar-refractivity contribution >= 4 is 5.96 Å². The van der Waals surface area contributed by atoms with Crippen LogP contribution in [-0.2, 0) is 11.3 Å². The molecule has 0 fully saturated rings. The molecule has 0 aliphatic rings. The third-order valence-corrected chi connectivity index (χ3v) is 3.93. The fourth-order valence-electron chi connectivity index (χ4n) is 2.52. The molecule has 2 rings (SSSR count). The van der Waals surface area contributed by atoms with Crippen LogP contribution < -0.4 is 20.1 Å². The number of rotatable bonds is 11. The molecule has 0 aliphatic heterocycles. The average Bonchev–Trinajstić information content (AvgIpc) is 2.71. The molecule has 2 aromatic rings. The van der Waals surface area contributed by atoms with Crippen LogP contribution in [0.1, 0.15) is 18.1 Å². The molecule has 0 amide bonds. The van der Waals surface area contributed by atoms with Gasteiger partial charge in [0, 0.05) is 19.2 Å². The summed E-state index contributed by atoms with van der Waals surface area (Å²) in [5, 5.41) is 6.55. The summed E-state index contributed by atoms with van der Waals surface area (Å²) < 4.78 is 16.6. The Morgan fingerprint density at radius 2 is 1.79 bits per heavy atom. The van der Waals surface area contributed by atoms with Gasteiger partial charge in [0.1, 0.15) is 24.7 Å². The van der Waals surface area contributed by atoms with E-state index in [9.17, 15) is 0 Å². The summed E-state index contributed by atoms with van der Waals surface area (Å²) in [7, 11) is 1.67. The summed E-state index contributed by atoms with van der Waals surface area (Å²) in [6.45, 7) is 7.70. The highest BCUT2D eigenvalue weighted by atomic mass is 16.5. The number of guanidine groups is 1. The van der Waals surface area contributed by atoms with Crippen LogP contribution in [0, 0.1) is 6.92 Å². The predicted molar refractivity (Wildman–Crippen MR) is 113 cm³/mol. The van der Waals surface area contributed by atoms with E-state index in [2.05, 4.69) is 34.7 Å². The first-order valence-electron chi connectivity index (χ1n) is 9.64. The summed E-state index contributed by atoms with van der Waals surface area (Å²) in [4.78, 5) is 4.67. The van der Waals surface area contributed by atoms with E-state index >= 15 is 0 Å². The maximum Gasteiger partial charge on any atom is 0.191 e. The Kier molecular flexibility index (Phi) is 9.72. The van der Waals surface area contributed by atoms with Crippen molar-refractivity contribution in [3.8, 4) is 11.5 Å². The summed E-state index contributed by atoms with van der Waals surface area (Å²) in [6.07, 6.45) is 0. The molecule has 2 aromatic carbocycles. The first-order valence-corrected chi connectivity index (χ1v) is 9.64. The van der Waals surface area contributed by atoms with Crippen LogP contribution in [0.2, 0.25) is 0 Å². The normalized spacial score (nSPS) is 11.2. The Bertz CT molecular complexity index is 720. The summed E-state index contributed by atoms with van der Waals surface area (Å²) in [5.74, 6) is 2.47. The molecule has 6 heteroatoms. The van der Waals surface area contributed by atoms with Gasteiger partial charge in [0.2, 0.25) is 0 Å². The van der Waals surface area contributed by atoms with Crippen molar-refractivity contribution in [1.29, 1.82) is 0 Å². The molecule has 6 nitrogen and oxygen atoms in total. The molecule has 0 heterocycles. The average molecular weight is 386 g/mol. The van der Waals surface area contributed by atoms with E-state index in [-0.39, 0.29) is 0 Å². The molecule has 0 atom stereocenters. The van der Waals surface area contributed by atoms with Gasteiger partial charge in [-0.25, -0.2) is 4.99 Å². The number of nitrogens with zero attached hydrogens (tertiary/aromatic N) is 1. The second-order valence-electron chi connectivity index (χ2n) is 6.24. The van der Waals surface area contributed by atoms with E-state index < -0.39 is 0 Å². The van der Waals surface area contributed by atoms with Crippen molar-refractivity contribution in [3.63, 3.8) is 0 Å². The van der Waals surface area contributed by atoms with Gasteiger partial charge in [-0.15, -0.1) is 0 Å². The smallest absolute Gasteiger partial charge is 0.191 e. The number of nitrogens with one attached hydrogen (secondary N) is 2. The summed E-state index contributed by atoms with van der Waals surface area (Å²) in [5.41, 5.74) is 2.20. The minimum atomic E-state index is 0.520. The van der Waals surface area contributed by atoms with Crippen LogP contribution >= 0.6 is 0 Å². The van der Waals surface area contributed by atoms with Gasteiger partial charge in [0.15, 0.2) is 5.96 Å². The van der Waals surface area contributed by atoms with Crippen molar-refractivity contribution < 1.29 is 14.2 Å². The summed E-state index contributed by atoms with van der Waals surface area (Å²) >= 11 is 0. The first-order chi connectivity index (χ1) is 13.7. The minimum Gasteiger partial charge on any atom is -0.492 e. The fourth-order valence-corrected chi connectivity index (χ4v) is 2.52. The zero-order valence-corrected chi connectivity index (χ0v) is 17.0. The number of aryl methyl sites for hydroxylation is 1. The molecule has 0 bridgehead atoms. The lowest BCUT2D eigenvalue weighted by Gasteiger charge is -2.14. The highest BCUT2D eigenvalue weighted by Gasteiger charge is 2.05. The van der Waals surface area contributed by atoms with Crippen LogP contribution in [-0.4, -0.2) is 46.0 Å². The van der Waals surface area contributed by atoms with E-state index in [1.807, 2.05) is 43.3 Å². The second-order valence-corrected chi connectivity index (χ2v) is 6.24. The minimum absolute atomic E-state index is 0.520. The predicted octanol–water partition coefficient (Wildman–Crippen LogP) is 3.15. The number of aliphatic imine (C=N–C) groups is 1. The molecule has 0 aliphatic carbocycles. The van der Waals surface area contributed by atoms with Gasteiger partial charge >= 0.3 is 0 Å². The maximum absolute atomic E-state index is 5.84. The molecule has 0 spiro atoms. The molecule has 28 heavy (non-hydrogen) atoms. The molecule has 0 radical (unpaired) electrons.